The molecule has 0 saturated carbocycles. The highest BCUT2D eigenvalue weighted by atomic mass is 35.5. The fourth-order valence-corrected chi connectivity index (χ4v) is 1.51. The van der Waals surface area contributed by atoms with Crippen LogP contribution in [-0.4, -0.2) is 18.8 Å². The normalized spacial score (nSPS) is 12.4. The summed E-state index contributed by atoms with van der Waals surface area (Å²) in [5, 5.41) is 0.412. The molecule has 1 rings (SSSR count). The van der Waals surface area contributed by atoms with Gasteiger partial charge in [-0.05, 0) is 24.1 Å². The Morgan fingerprint density at radius 2 is 2.00 bits per heavy atom. The molecular formula is C12H10ClF3O2. The van der Waals surface area contributed by atoms with E-state index in [0.29, 0.717) is 16.2 Å². The highest BCUT2D eigenvalue weighted by molar-refractivity contribution is 6.32. The number of halogens is 4. The van der Waals surface area contributed by atoms with Gasteiger partial charge in [-0.25, -0.2) is 4.79 Å². The van der Waals surface area contributed by atoms with Crippen molar-refractivity contribution in [1.82, 2.24) is 0 Å². The van der Waals surface area contributed by atoms with E-state index < -0.39 is 18.8 Å². The van der Waals surface area contributed by atoms with Crippen molar-refractivity contribution in [3.63, 3.8) is 0 Å². The van der Waals surface area contributed by atoms with Crippen LogP contribution >= 0.6 is 11.6 Å². The maximum Gasteiger partial charge on any atom is 0.422 e. The van der Waals surface area contributed by atoms with E-state index in [1.54, 1.807) is 31.2 Å². The van der Waals surface area contributed by atoms with E-state index in [1.807, 2.05) is 0 Å². The fraction of sp³-hybridized carbons (Fsp3) is 0.250. The zero-order chi connectivity index (χ0) is 13.8. The lowest BCUT2D eigenvalue weighted by Crippen LogP contribution is -2.19. The summed E-state index contributed by atoms with van der Waals surface area (Å²) < 4.78 is 39.5. The Balaban J connectivity index is 2.72. The molecule has 0 atom stereocenters. The van der Waals surface area contributed by atoms with Crippen molar-refractivity contribution in [1.29, 1.82) is 0 Å². The molecule has 0 saturated heterocycles. The lowest BCUT2D eigenvalue weighted by molar-refractivity contribution is -0.182. The van der Waals surface area contributed by atoms with Gasteiger partial charge in [-0.2, -0.15) is 13.2 Å². The second-order valence-electron chi connectivity index (χ2n) is 3.53. The highest BCUT2D eigenvalue weighted by Crippen LogP contribution is 2.23. The third-order valence-corrected chi connectivity index (χ3v) is 2.34. The van der Waals surface area contributed by atoms with Crippen LogP contribution in [0, 0.1) is 0 Å². The summed E-state index contributed by atoms with van der Waals surface area (Å²) in [6, 6.07) is 6.70. The summed E-state index contributed by atoms with van der Waals surface area (Å²) in [6.07, 6.45) is -3.55. The van der Waals surface area contributed by atoms with E-state index in [2.05, 4.69) is 4.74 Å². The average Bonchev–Trinajstić information content (AvgIpc) is 2.26. The first-order valence-corrected chi connectivity index (χ1v) is 5.34. The minimum Gasteiger partial charge on any atom is -0.453 e. The molecule has 1 aromatic carbocycles. The summed E-state index contributed by atoms with van der Waals surface area (Å²) >= 11 is 5.88. The number of ether oxygens (including phenoxy) is 1. The molecule has 1 aromatic rings. The van der Waals surface area contributed by atoms with E-state index >= 15 is 0 Å². The second kappa shape index (κ2) is 5.91. The summed E-state index contributed by atoms with van der Waals surface area (Å²) in [4.78, 5) is 11.1. The Morgan fingerprint density at radius 1 is 1.39 bits per heavy atom. The number of hydrogen-bond acceptors (Lipinski definition) is 2. The van der Waals surface area contributed by atoms with Crippen molar-refractivity contribution in [3.8, 4) is 0 Å². The monoisotopic (exact) mass is 278 g/mol. The largest absolute Gasteiger partial charge is 0.453 e. The van der Waals surface area contributed by atoms with E-state index in [9.17, 15) is 18.0 Å². The Labute approximate surface area is 107 Å². The Hall–Kier alpha value is -1.49. The van der Waals surface area contributed by atoms with Crippen LogP contribution in [0.4, 0.5) is 13.2 Å². The maximum atomic E-state index is 11.8. The average molecular weight is 279 g/mol. The number of carbonyl (C=O) groups excluding carboxylic acids is 1. The number of rotatable bonds is 3. The molecule has 0 N–H and O–H groups in total. The minimum absolute atomic E-state index is 0.412. The second-order valence-corrected chi connectivity index (χ2v) is 3.94. The van der Waals surface area contributed by atoms with Crippen LogP contribution in [0.3, 0.4) is 0 Å². The topological polar surface area (TPSA) is 26.3 Å². The van der Waals surface area contributed by atoms with Crippen molar-refractivity contribution in [2.45, 2.75) is 13.1 Å². The highest BCUT2D eigenvalue weighted by Gasteiger charge is 2.29. The molecule has 0 heterocycles. The van der Waals surface area contributed by atoms with Crippen LogP contribution in [0.2, 0.25) is 5.02 Å². The van der Waals surface area contributed by atoms with Crippen LogP contribution in [0.1, 0.15) is 12.5 Å². The number of hydrogen-bond donors (Lipinski definition) is 0. The molecule has 0 spiro atoms. The van der Waals surface area contributed by atoms with Crippen molar-refractivity contribution in [2.24, 2.45) is 0 Å². The Morgan fingerprint density at radius 3 is 2.56 bits per heavy atom. The van der Waals surface area contributed by atoms with Gasteiger partial charge in [0.1, 0.15) is 0 Å². The van der Waals surface area contributed by atoms with Gasteiger partial charge in [0.15, 0.2) is 6.61 Å². The first-order valence-electron chi connectivity index (χ1n) is 4.96. The van der Waals surface area contributed by atoms with Crippen LogP contribution in [-0.2, 0) is 9.53 Å². The van der Waals surface area contributed by atoms with E-state index in [1.165, 1.54) is 0 Å². The summed E-state index contributed by atoms with van der Waals surface area (Å²) in [5.41, 5.74) is 1.01. The number of allylic oxidation sites excluding steroid dienone is 1. The molecule has 2 nitrogen and oxygen atoms in total. The Kier molecular flexibility index (Phi) is 4.78. The van der Waals surface area contributed by atoms with Gasteiger partial charge < -0.3 is 4.74 Å². The molecule has 6 heteroatoms. The van der Waals surface area contributed by atoms with Gasteiger partial charge in [-0.3, -0.25) is 0 Å². The number of carbonyl (C=O) groups is 1. The third-order valence-electron chi connectivity index (χ3n) is 2.01. The minimum atomic E-state index is -4.53. The first-order chi connectivity index (χ1) is 8.29. The number of esters is 1. The van der Waals surface area contributed by atoms with Crippen molar-refractivity contribution in [3.05, 3.63) is 40.9 Å². The van der Waals surface area contributed by atoms with Crippen LogP contribution in [0.5, 0.6) is 0 Å². The van der Waals surface area contributed by atoms with Crippen LogP contribution in [0.25, 0.3) is 5.57 Å². The molecule has 0 aliphatic rings. The molecule has 0 fully saturated rings. The van der Waals surface area contributed by atoms with Crippen LogP contribution < -0.4 is 0 Å². The van der Waals surface area contributed by atoms with Gasteiger partial charge in [0.05, 0.1) is 0 Å². The standard InChI is InChI=1S/C12H10ClF3O2/c1-8(9-4-2-3-5-10(9)13)6-11(17)18-7-12(14,15)16/h2-6H,7H2,1H3. The predicted octanol–water partition coefficient (Wildman–Crippen LogP) is 3.85. The fourth-order valence-electron chi connectivity index (χ4n) is 1.23. The van der Waals surface area contributed by atoms with E-state index in [-0.39, 0.29) is 0 Å². The molecule has 18 heavy (non-hydrogen) atoms. The smallest absolute Gasteiger partial charge is 0.422 e. The lowest BCUT2D eigenvalue weighted by Gasteiger charge is -2.07. The van der Waals surface area contributed by atoms with Crippen molar-refractivity contribution < 1.29 is 22.7 Å². The third kappa shape index (κ3) is 4.79. The van der Waals surface area contributed by atoms with Crippen LogP contribution in [0.15, 0.2) is 30.3 Å². The molecule has 0 aliphatic carbocycles. The zero-order valence-corrected chi connectivity index (χ0v) is 10.2. The summed E-state index contributed by atoms with van der Waals surface area (Å²) in [5.74, 6) is -1.05. The molecule has 0 unspecified atom stereocenters. The molecule has 0 bridgehead atoms. The van der Waals surface area contributed by atoms with Gasteiger partial charge in [0.25, 0.3) is 0 Å². The zero-order valence-electron chi connectivity index (χ0n) is 9.42. The molecular weight excluding hydrogens is 269 g/mol. The van der Waals surface area contributed by atoms with Gasteiger partial charge in [-0.15, -0.1) is 0 Å². The van der Waals surface area contributed by atoms with E-state index in [0.717, 1.165) is 6.08 Å². The molecule has 0 amide bonds. The summed E-state index contributed by atoms with van der Waals surface area (Å²) in [7, 11) is 0. The quantitative estimate of drug-likeness (QED) is 0.620. The molecule has 0 aromatic heterocycles. The van der Waals surface area contributed by atoms with E-state index in [4.69, 9.17) is 11.6 Å². The summed E-state index contributed by atoms with van der Waals surface area (Å²) in [6.45, 7) is -0.0335. The van der Waals surface area contributed by atoms with Crippen molar-refractivity contribution in [2.75, 3.05) is 6.61 Å². The van der Waals surface area contributed by atoms with Gasteiger partial charge in [0, 0.05) is 11.1 Å². The number of benzene rings is 1. The van der Waals surface area contributed by atoms with Crippen molar-refractivity contribution >= 4 is 23.1 Å². The molecule has 0 radical (unpaired) electrons. The van der Waals surface area contributed by atoms with Gasteiger partial charge in [-0.1, -0.05) is 29.8 Å². The first kappa shape index (κ1) is 14.6. The predicted molar refractivity (Wildman–Crippen MR) is 62.1 cm³/mol. The lowest BCUT2D eigenvalue weighted by atomic mass is 10.1. The molecule has 0 aliphatic heterocycles. The molecule has 98 valence electrons. The van der Waals surface area contributed by atoms with Gasteiger partial charge in [0.2, 0.25) is 0 Å². The Bertz CT molecular complexity index is 467. The SMILES string of the molecule is CC(=CC(=O)OCC(F)(F)F)c1ccccc1Cl. The maximum absolute atomic E-state index is 11.8. The van der Waals surface area contributed by atoms with Gasteiger partial charge >= 0.3 is 12.1 Å². The number of alkyl halides is 3.